The van der Waals surface area contributed by atoms with Crippen LogP contribution < -0.4 is 0 Å². The summed E-state index contributed by atoms with van der Waals surface area (Å²) >= 11 is 0. The Hall–Kier alpha value is -1.03. The quantitative estimate of drug-likeness (QED) is 0.881. The summed E-state index contributed by atoms with van der Waals surface area (Å²) in [4.78, 5) is 0. The molecular formula is C15H19F3O. The molecule has 19 heavy (non-hydrogen) atoms. The van der Waals surface area contributed by atoms with E-state index >= 15 is 0 Å². The maximum Gasteiger partial charge on any atom is 0.389 e. The fourth-order valence-electron chi connectivity index (χ4n) is 2.80. The van der Waals surface area contributed by atoms with Crippen molar-refractivity contribution in [1.82, 2.24) is 0 Å². The van der Waals surface area contributed by atoms with Crippen molar-refractivity contribution in [1.29, 1.82) is 0 Å². The maximum atomic E-state index is 12.1. The van der Waals surface area contributed by atoms with Crippen LogP contribution in [-0.2, 0) is 12.8 Å². The third-order valence-corrected chi connectivity index (χ3v) is 3.89. The zero-order chi connectivity index (χ0) is 13.9. The Morgan fingerprint density at radius 3 is 2.58 bits per heavy atom. The lowest BCUT2D eigenvalue weighted by Gasteiger charge is -2.28. The second kappa shape index (κ2) is 5.95. The summed E-state index contributed by atoms with van der Waals surface area (Å²) < 4.78 is 36.2. The summed E-state index contributed by atoms with van der Waals surface area (Å²) in [6.45, 7) is 0. The predicted octanol–water partition coefficient (Wildman–Crippen LogP) is 3.89. The summed E-state index contributed by atoms with van der Waals surface area (Å²) in [5.74, 6) is 0.100. The Morgan fingerprint density at radius 2 is 1.89 bits per heavy atom. The Balaban J connectivity index is 1.83. The first-order chi connectivity index (χ1) is 8.96. The zero-order valence-electron chi connectivity index (χ0n) is 10.8. The van der Waals surface area contributed by atoms with Gasteiger partial charge in [0.05, 0.1) is 6.10 Å². The topological polar surface area (TPSA) is 20.2 Å². The van der Waals surface area contributed by atoms with Gasteiger partial charge in [-0.2, -0.15) is 13.2 Å². The number of rotatable bonds is 4. The van der Waals surface area contributed by atoms with Crippen molar-refractivity contribution in [2.75, 3.05) is 0 Å². The highest BCUT2D eigenvalue weighted by Gasteiger charge is 2.29. The molecule has 4 heteroatoms. The van der Waals surface area contributed by atoms with Crippen LogP contribution in [0.3, 0.4) is 0 Å². The molecule has 0 amide bonds. The molecule has 2 unspecified atom stereocenters. The lowest BCUT2D eigenvalue weighted by Crippen LogP contribution is -2.27. The normalized spacial score (nSPS) is 20.9. The number of aliphatic hydroxyl groups excluding tert-OH is 1. The van der Waals surface area contributed by atoms with E-state index in [-0.39, 0.29) is 18.8 Å². The first-order valence-corrected chi connectivity index (χ1v) is 6.77. The van der Waals surface area contributed by atoms with Crippen molar-refractivity contribution in [2.45, 2.75) is 50.8 Å². The highest BCUT2D eigenvalue weighted by molar-refractivity contribution is 5.29. The van der Waals surface area contributed by atoms with Gasteiger partial charge in [-0.15, -0.1) is 0 Å². The first kappa shape index (κ1) is 14.4. The van der Waals surface area contributed by atoms with Gasteiger partial charge < -0.3 is 5.11 Å². The number of aryl methyl sites for hydroxylation is 1. The van der Waals surface area contributed by atoms with Crippen LogP contribution in [0.25, 0.3) is 0 Å². The van der Waals surface area contributed by atoms with Crippen LogP contribution in [0.1, 0.15) is 36.8 Å². The van der Waals surface area contributed by atoms with Crippen molar-refractivity contribution >= 4 is 0 Å². The van der Waals surface area contributed by atoms with Gasteiger partial charge in [0.2, 0.25) is 0 Å². The molecule has 0 aliphatic heterocycles. The Bertz CT molecular complexity index is 414. The molecule has 0 aromatic heterocycles. The molecule has 2 rings (SSSR count). The average Bonchev–Trinajstić information content (AvgIpc) is 2.36. The number of aliphatic hydroxyl groups is 1. The Labute approximate surface area is 111 Å². The third kappa shape index (κ3) is 4.23. The van der Waals surface area contributed by atoms with Gasteiger partial charge in [-0.25, -0.2) is 0 Å². The van der Waals surface area contributed by atoms with Gasteiger partial charge in [0.25, 0.3) is 0 Å². The first-order valence-electron chi connectivity index (χ1n) is 6.77. The van der Waals surface area contributed by atoms with Crippen LogP contribution in [0.5, 0.6) is 0 Å². The fraction of sp³-hybridized carbons (Fsp3) is 0.600. The van der Waals surface area contributed by atoms with E-state index in [4.69, 9.17) is 0 Å². The minimum Gasteiger partial charge on any atom is -0.393 e. The van der Waals surface area contributed by atoms with E-state index in [2.05, 4.69) is 6.07 Å². The summed E-state index contributed by atoms with van der Waals surface area (Å²) in [5, 5.41) is 10.0. The minimum atomic E-state index is -4.11. The third-order valence-electron chi connectivity index (χ3n) is 3.89. The number of fused-ring (bicyclic) bond motifs is 1. The summed E-state index contributed by atoms with van der Waals surface area (Å²) in [7, 11) is 0. The van der Waals surface area contributed by atoms with Gasteiger partial charge in [-0.1, -0.05) is 24.3 Å². The monoisotopic (exact) mass is 272 g/mol. The molecule has 1 aliphatic carbocycles. The lowest BCUT2D eigenvalue weighted by molar-refractivity contribution is -0.136. The number of hydrogen-bond acceptors (Lipinski definition) is 1. The number of alkyl halides is 3. The SMILES string of the molecule is OC(CCCC(F)(F)F)C1CCc2ccccc2C1. The van der Waals surface area contributed by atoms with E-state index in [9.17, 15) is 18.3 Å². The van der Waals surface area contributed by atoms with Crippen molar-refractivity contribution in [3.63, 3.8) is 0 Å². The predicted molar refractivity (Wildman–Crippen MR) is 67.9 cm³/mol. The van der Waals surface area contributed by atoms with Gasteiger partial charge in [-0.05, 0) is 49.1 Å². The molecule has 1 N–H and O–H groups in total. The smallest absolute Gasteiger partial charge is 0.389 e. The number of hydrogen-bond donors (Lipinski definition) is 1. The zero-order valence-corrected chi connectivity index (χ0v) is 10.8. The summed E-state index contributed by atoms with van der Waals surface area (Å²) in [6, 6.07) is 8.10. The Kier molecular flexibility index (Phi) is 4.50. The van der Waals surface area contributed by atoms with Gasteiger partial charge in [0.15, 0.2) is 0 Å². The standard InChI is InChI=1S/C15H19F3O/c16-15(17,18)9-3-6-14(19)13-8-7-11-4-1-2-5-12(11)10-13/h1-2,4-5,13-14,19H,3,6-10H2. The molecule has 0 heterocycles. The van der Waals surface area contributed by atoms with Crippen molar-refractivity contribution in [2.24, 2.45) is 5.92 Å². The molecule has 0 radical (unpaired) electrons. The number of halogens is 3. The van der Waals surface area contributed by atoms with Crippen LogP contribution in [0.15, 0.2) is 24.3 Å². The van der Waals surface area contributed by atoms with E-state index in [0.29, 0.717) is 0 Å². The largest absolute Gasteiger partial charge is 0.393 e. The van der Waals surface area contributed by atoms with E-state index in [0.717, 1.165) is 19.3 Å². The second-order valence-corrected chi connectivity index (χ2v) is 5.35. The lowest BCUT2D eigenvalue weighted by atomic mass is 9.80. The van der Waals surface area contributed by atoms with Gasteiger partial charge in [0.1, 0.15) is 0 Å². The molecule has 0 bridgehead atoms. The van der Waals surface area contributed by atoms with Gasteiger partial charge in [-0.3, -0.25) is 0 Å². The average molecular weight is 272 g/mol. The Morgan fingerprint density at radius 1 is 1.21 bits per heavy atom. The molecule has 0 saturated heterocycles. The van der Waals surface area contributed by atoms with Crippen LogP contribution in [-0.4, -0.2) is 17.4 Å². The van der Waals surface area contributed by atoms with E-state index in [1.807, 2.05) is 18.2 Å². The number of benzene rings is 1. The minimum absolute atomic E-state index is 0.0167. The molecule has 0 fully saturated rings. The molecule has 0 saturated carbocycles. The highest BCUT2D eigenvalue weighted by Crippen LogP contribution is 2.30. The molecule has 106 valence electrons. The summed E-state index contributed by atoms with van der Waals surface area (Å²) in [6.07, 6.45) is -2.71. The molecule has 1 aromatic rings. The van der Waals surface area contributed by atoms with Crippen molar-refractivity contribution in [3.8, 4) is 0 Å². The maximum absolute atomic E-state index is 12.1. The van der Waals surface area contributed by atoms with E-state index in [1.54, 1.807) is 0 Å². The van der Waals surface area contributed by atoms with E-state index in [1.165, 1.54) is 11.1 Å². The van der Waals surface area contributed by atoms with Crippen LogP contribution >= 0.6 is 0 Å². The molecule has 1 aliphatic rings. The summed E-state index contributed by atoms with van der Waals surface area (Å²) in [5.41, 5.74) is 2.54. The second-order valence-electron chi connectivity index (χ2n) is 5.35. The van der Waals surface area contributed by atoms with Crippen LogP contribution in [0, 0.1) is 5.92 Å². The molecule has 2 atom stereocenters. The molecule has 0 spiro atoms. The van der Waals surface area contributed by atoms with Gasteiger partial charge in [0, 0.05) is 6.42 Å². The van der Waals surface area contributed by atoms with Crippen molar-refractivity contribution < 1.29 is 18.3 Å². The van der Waals surface area contributed by atoms with Crippen molar-refractivity contribution in [3.05, 3.63) is 35.4 Å². The van der Waals surface area contributed by atoms with E-state index < -0.39 is 18.7 Å². The van der Waals surface area contributed by atoms with Crippen LogP contribution in [0.2, 0.25) is 0 Å². The molecule has 1 nitrogen and oxygen atoms in total. The molecule has 1 aromatic carbocycles. The fourth-order valence-corrected chi connectivity index (χ4v) is 2.80. The molecular weight excluding hydrogens is 253 g/mol. The highest BCUT2D eigenvalue weighted by atomic mass is 19.4. The van der Waals surface area contributed by atoms with Gasteiger partial charge >= 0.3 is 6.18 Å². The van der Waals surface area contributed by atoms with Crippen LogP contribution in [0.4, 0.5) is 13.2 Å².